The van der Waals surface area contributed by atoms with Crippen LogP contribution in [-0.2, 0) is 14.8 Å². The van der Waals surface area contributed by atoms with E-state index in [1.807, 2.05) is 31.2 Å². The first-order chi connectivity index (χ1) is 15.6. The van der Waals surface area contributed by atoms with Crippen molar-refractivity contribution < 1.29 is 18.0 Å². The summed E-state index contributed by atoms with van der Waals surface area (Å²) in [7, 11) is -0.676. The molecule has 174 valence electrons. The number of thioether (sulfide) groups is 1. The van der Waals surface area contributed by atoms with Crippen LogP contribution in [0.5, 0.6) is 0 Å². The Kier molecular flexibility index (Phi) is 8.19. The third-order valence-corrected chi connectivity index (χ3v) is 8.22. The van der Waals surface area contributed by atoms with E-state index in [9.17, 15) is 18.0 Å². The summed E-state index contributed by atoms with van der Waals surface area (Å²) >= 11 is 2.57. The number of sulfonamides is 1. The molecule has 0 unspecified atom stereocenters. The molecule has 33 heavy (non-hydrogen) atoms. The van der Waals surface area contributed by atoms with Crippen LogP contribution in [0.1, 0.15) is 22.3 Å². The van der Waals surface area contributed by atoms with Crippen molar-refractivity contribution in [3.63, 3.8) is 0 Å². The standard InChI is InChI=1S/C21H23N5O4S3/c1-14-4-8-16(9-5-14)22-18(27)12-13-31-21-25-24-20(32-21)23-19(28)15-6-10-17(11-7-15)33(29,30)26(2)3/h4-11H,12-13H2,1-3H3,(H,22,27)(H,23,24,28). The molecule has 2 amide bonds. The van der Waals surface area contributed by atoms with E-state index in [1.165, 1.54) is 61.5 Å². The number of anilines is 2. The molecule has 3 rings (SSSR count). The number of rotatable bonds is 9. The van der Waals surface area contributed by atoms with E-state index in [1.54, 1.807) is 0 Å². The fourth-order valence-corrected chi connectivity index (χ4v) is 5.23. The van der Waals surface area contributed by atoms with Crippen LogP contribution < -0.4 is 10.6 Å². The molecule has 0 fully saturated rings. The minimum atomic E-state index is -3.56. The summed E-state index contributed by atoms with van der Waals surface area (Å²) in [6, 6.07) is 13.2. The number of amides is 2. The van der Waals surface area contributed by atoms with E-state index in [2.05, 4.69) is 20.8 Å². The highest BCUT2D eigenvalue weighted by Crippen LogP contribution is 2.26. The van der Waals surface area contributed by atoms with Crippen LogP contribution in [0.25, 0.3) is 0 Å². The predicted octanol–water partition coefficient (Wildman–Crippen LogP) is 3.47. The highest BCUT2D eigenvalue weighted by atomic mass is 32.2. The summed E-state index contributed by atoms with van der Waals surface area (Å²) in [4.78, 5) is 24.6. The normalized spacial score (nSPS) is 11.4. The molecule has 9 nitrogen and oxygen atoms in total. The quantitative estimate of drug-likeness (QED) is 0.337. The lowest BCUT2D eigenvalue weighted by molar-refractivity contribution is -0.115. The van der Waals surface area contributed by atoms with Gasteiger partial charge in [0.15, 0.2) is 4.34 Å². The van der Waals surface area contributed by atoms with Crippen LogP contribution in [0, 0.1) is 6.92 Å². The van der Waals surface area contributed by atoms with Gasteiger partial charge >= 0.3 is 0 Å². The fourth-order valence-electron chi connectivity index (χ4n) is 2.57. The van der Waals surface area contributed by atoms with Crippen molar-refractivity contribution in [2.75, 3.05) is 30.5 Å². The smallest absolute Gasteiger partial charge is 0.257 e. The van der Waals surface area contributed by atoms with E-state index in [0.717, 1.165) is 15.6 Å². The molecule has 2 aromatic carbocycles. The van der Waals surface area contributed by atoms with Crippen LogP contribution in [0.2, 0.25) is 0 Å². The van der Waals surface area contributed by atoms with Gasteiger partial charge in [-0.1, -0.05) is 40.8 Å². The van der Waals surface area contributed by atoms with Gasteiger partial charge in [-0.2, -0.15) is 0 Å². The molecule has 2 N–H and O–H groups in total. The summed E-state index contributed by atoms with van der Waals surface area (Å²) in [6.45, 7) is 1.98. The Balaban J connectivity index is 1.48. The van der Waals surface area contributed by atoms with Crippen molar-refractivity contribution in [2.24, 2.45) is 0 Å². The second-order valence-electron chi connectivity index (χ2n) is 7.15. The minimum Gasteiger partial charge on any atom is -0.326 e. The summed E-state index contributed by atoms with van der Waals surface area (Å²) in [5.74, 6) is 0.000309. The second kappa shape index (κ2) is 10.9. The fraction of sp³-hybridized carbons (Fsp3) is 0.238. The maximum atomic E-state index is 12.4. The van der Waals surface area contributed by atoms with Crippen LogP contribution in [-0.4, -0.2) is 54.6 Å². The predicted molar refractivity (Wildman–Crippen MR) is 130 cm³/mol. The zero-order valence-corrected chi connectivity index (χ0v) is 20.7. The van der Waals surface area contributed by atoms with Gasteiger partial charge in [-0.3, -0.25) is 14.9 Å². The highest BCUT2D eigenvalue weighted by molar-refractivity contribution is 8.01. The molecule has 0 spiro atoms. The third-order valence-electron chi connectivity index (χ3n) is 4.41. The van der Waals surface area contributed by atoms with Gasteiger partial charge in [0.05, 0.1) is 4.90 Å². The Morgan fingerprint density at radius 1 is 1.00 bits per heavy atom. The Labute approximate surface area is 200 Å². The first-order valence-corrected chi connectivity index (χ1v) is 13.1. The largest absolute Gasteiger partial charge is 0.326 e. The number of carbonyl (C=O) groups excluding carboxylic acids is 2. The molecule has 3 aromatic rings. The number of aromatic nitrogens is 2. The van der Waals surface area contributed by atoms with Crippen LogP contribution in [0.15, 0.2) is 57.8 Å². The lowest BCUT2D eigenvalue weighted by Gasteiger charge is -2.11. The zero-order valence-electron chi connectivity index (χ0n) is 18.2. The number of hydrogen-bond acceptors (Lipinski definition) is 8. The molecular formula is C21H23N5O4S3. The highest BCUT2D eigenvalue weighted by Gasteiger charge is 2.18. The van der Waals surface area contributed by atoms with Crippen LogP contribution in [0.3, 0.4) is 0 Å². The second-order valence-corrected chi connectivity index (χ2v) is 11.6. The Morgan fingerprint density at radius 3 is 2.30 bits per heavy atom. The van der Waals surface area contributed by atoms with Gasteiger partial charge in [0.25, 0.3) is 5.91 Å². The van der Waals surface area contributed by atoms with Gasteiger partial charge in [0, 0.05) is 37.5 Å². The molecule has 12 heteroatoms. The topological polar surface area (TPSA) is 121 Å². The molecule has 0 saturated heterocycles. The van der Waals surface area contributed by atoms with E-state index < -0.39 is 15.9 Å². The lowest BCUT2D eigenvalue weighted by Crippen LogP contribution is -2.22. The Morgan fingerprint density at radius 2 is 1.67 bits per heavy atom. The molecule has 0 saturated carbocycles. The number of hydrogen-bond donors (Lipinski definition) is 2. The molecule has 1 heterocycles. The number of aryl methyl sites for hydroxylation is 1. The first-order valence-electron chi connectivity index (χ1n) is 9.82. The number of benzene rings is 2. The van der Waals surface area contributed by atoms with Crippen molar-refractivity contribution in [3.8, 4) is 0 Å². The van der Waals surface area contributed by atoms with E-state index in [-0.39, 0.29) is 10.8 Å². The summed E-state index contributed by atoms with van der Waals surface area (Å²) in [5, 5.41) is 13.8. The lowest BCUT2D eigenvalue weighted by atomic mass is 10.2. The maximum absolute atomic E-state index is 12.4. The molecule has 0 atom stereocenters. The molecule has 0 radical (unpaired) electrons. The van der Waals surface area contributed by atoms with Crippen LogP contribution >= 0.6 is 23.1 Å². The Bertz CT molecular complexity index is 1220. The van der Waals surface area contributed by atoms with E-state index in [0.29, 0.717) is 27.2 Å². The molecule has 0 aliphatic carbocycles. The van der Waals surface area contributed by atoms with Crippen molar-refractivity contribution in [1.82, 2.24) is 14.5 Å². The average molecular weight is 506 g/mol. The SMILES string of the molecule is Cc1ccc(NC(=O)CCSc2nnc(NC(=O)c3ccc(S(=O)(=O)N(C)C)cc3)s2)cc1. The monoisotopic (exact) mass is 505 g/mol. The van der Waals surface area contributed by atoms with E-state index >= 15 is 0 Å². The van der Waals surface area contributed by atoms with Crippen molar-refractivity contribution in [2.45, 2.75) is 22.6 Å². The van der Waals surface area contributed by atoms with Crippen LogP contribution in [0.4, 0.5) is 10.8 Å². The number of carbonyl (C=O) groups is 2. The third kappa shape index (κ3) is 6.84. The molecule has 0 bridgehead atoms. The van der Waals surface area contributed by atoms with Gasteiger partial charge in [-0.05, 0) is 43.3 Å². The molecular weight excluding hydrogens is 482 g/mol. The average Bonchev–Trinajstić information content (AvgIpc) is 3.22. The summed E-state index contributed by atoms with van der Waals surface area (Å²) < 4.78 is 26.0. The van der Waals surface area contributed by atoms with E-state index in [4.69, 9.17) is 0 Å². The molecule has 0 aliphatic heterocycles. The summed E-state index contributed by atoms with van der Waals surface area (Å²) in [5.41, 5.74) is 2.17. The van der Waals surface area contributed by atoms with Gasteiger partial charge in [0.1, 0.15) is 0 Å². The summed E-state index contributed by atoms with van der Waals surface area (Å²) in [6.07, 6.45) is 0.308. The van der Waals surface area contributed by atoms with Crippen molar-refractivity contribution >= 4 is 55.8 Å². The first kappa shape index (κ1) is 24.8. The molecule has 0 aliphatic rings. The van der Waals surface area contributed by atoms with Gasteiger partial charge in [-0.15, -0.1) is 10.2 Å². The number of nitrogens with one attached hydrogen (secondary N) is 2. The Hall–Kier alpha value is -2.80. The van der Waals surface area contributed by atoms with Crippen molar-refractivity contribution in [3.05, 3.63) is 59.7 Å². The zero-order chi connectivity index (χ0) is 24.0. The van der Waals surface area contributed by atoms with Gasteiger partial charge < -0.3 is 5.32 Å². The minimum absolute atomic E-state index is 0.0934. The number of nitrogens with zero attached hydrogens (tertiary/aromatic N) is 3. The van der Waals surface area contributed by atoms with Crippen molar-refractivity contribution in [1.29, 1.82) is 0 Å². The van der Waals surface area contributed by atoms with Gasteiger partial charge in [0.2, 0.25) is 21.1 Å². The maximum Gasteiger partial charge on any atom is 0.257 e. The molecule has 1 aromatic heterocycles. The van der Waals surface area contributed by atoms with Gasteiger partial charge in [-0.25, -0.2) is 12.7 Å².